The van der Waals surface area contributed by atoms with Gasteiger partial charge in [0.05, 0.1) is 10.6 Å². The van der Waals surface area contributed by atoms with Crippen LogP contribution in [0, 0.1) is 0 Å². The van der Waals surface area contributed by atoms with Crippen LogP contribution in [-0.4, -0.2) is 36.3 Å². The fraction of sp³-hybridized carbons (Fsp3) is 0.133. The van der Waals surface area contributed by atoms with E-state index >= 15 is 0 Å². The normalized spacial score (nSPS) is 16.7. The Morgan fingerprint density at radius 2 is 2.09 bits per heavy atom. The number of hydrazone groups is 1. The van der Waals surface area contributed by atoms with Crippen molar-refractivity contribution in [3.8, 4) is 0 Å². The highest BCUT2D eigenvalue weighted by Crippen LogP contribution is 2.18. The molecule has 8 heteroatoms. The largest absolute Gasteiger partial charge is 0.255 e. The van der Waals surface area contributed by atoms with Crippen molar-refractivity contribution in [3.05, 3.63) is 54.2 Å². The van der Waals surface area contributed by atoms with Crippen LogP contribution < -0.4 is 5.43 Å². The first-order chi connectivity index (χ1) is 11.0. The zero-order valence-corrected chi connectivity index (χ0v) is 13.9. The Labute approximate surface area is 138 Å². The van der Waals surface area contributed by atoms with Gasteiger partial charge in [-0.15, -0.1) is 0 Å². The highest BCUT2D eigenvalue weighted by Gasteiger charge is 2.15. The molecule has 0 unspecified atom stereocenters. The summed E-state index contributed by atoms with van der Waals surface area (Å²) in [6.07, 6.45) is 2.87. The van der Waals surface area contributed by atoms with Gasteiger partial charge in [0.15, 0.2) is 20.8 Å². The van der Waals surface area contributed by atoms with Crippen LogP contribution >= 0.6 is 11.8 Å². The number of aliphatic imine (C=N–C) groups is 1. The topological polar surface area (TPSA) is 83.8 Å². The van der Waals surface area contributed by atoms with Crippen molar-refractivity contribution in [1.29, 1.82) is 0 Å². The molecule has 1 aromatic heterocycles. The maximum atomic E-state index is 11.6. The minimum Gasteiger partial charge on any atom is -0.255 e. The molecule has 1 aliphatic heterocycles. The van der Waals surface area contributed by atoms with Crippen LogP contribution in [0.25, 0.3) is 0 Å². The Hall–Kier alpha value is -2.19. The van der Waals surface area contributed by atoms with E-state index in [1.165, 1.54) is 18.0 Å². The number of hydrogen-bond donors (Lipinski definition) is 1. The molecule has 0 spiro atoms. The van der Waals surface area contributed by atoms with Gasteiger partial charge in [-0.25, -0.2) is 18.4 Å². The third-order valence-corrected chi connectivity index (χ3v) is 5.08. The van der Waals surface area contributed by atoms with Crippen molar-refractivity contribution in [2.75, 3.05) is 12.0 Å². The molecule has 0 radical (unpaired) electrons. The fourth-order valence-corrected chi connectivity index (χ4v) is 3.39. The Morgan fingerprint density at radius 1 is 1.22 bits per heavy atom. The van der Waals surface area contributed by atoms with E-state index in [0.29, 0.717) is 16.7 Å². The van der Waals surface area contributed by atoms with Gasteiger partial charge in [0, 0.05) is 18.2 Å². The van der Waals surface area contributed by atoms with Crippen molar-refractivity contribution in [1.82, 2.24) is 10.4 Å². The number of nitrogens with zero attached hydrogens (tertiary/aromatic N) is 3. The summed E-state index contributed by atoms with van der Waals surface area (Å²) < 4.78 is 23.3. The van der Waals surface area contributed by atoms with Crippen molar-refractivity contribution in [2.45, 2.75) is 4.90 Å². The first kappa shape index (κ1) is 15.7. The standard InChI is InChI=1S/C15H14N4O2S2/c1-23(20,21)12-6-4-5-11(9-12)13-10-22-15(19-18-13)17-14-7-2-3-8-16-14/h2-9H,10H2,1H3,(H,16,17,19). The molecule has 2 heterocycles. The van der Waals surface area contributed by atoms with Crippen molar-refractivity contribution in [3.63, 3.8) is 0 Å². The maximum Gasteiger partial charge on any atom is 0.184 e. The molecule has 1 aromatic carbocycles. The summed E-state index contributed by atoms with van der Waals surface area (Å²) in [4.78, 5) is 8.78. The number of hydrogen-bond acceptors (Lipinski definition) is 6. The number of pyridine rings is 1. The second-order valence-corrected chi connectivity index (χ2v) is 7.84. The van der Waals surface area contributed by atoms with Crippen LogP contribution in [0.15, 0.2) is 63.7 Å². The third kappa shape index (κ3) is 3.96. The lowest BCUT2D eigenvalue weighted by Gasteiger charge is -2.15. The summed E-state index contributed by atoms with van der Waals surface area (Å²) in [5.74, 6) is 1.21. The van der Waals surface area contributed by atoms with Crippen LogP contribution in [0.4, 0.5) is 5.82 Å². The predicted octanol–water partition coefficient (Wildman–Crippen LogP) is 2.21. The summed E-state index contributed by atoms with van der Waals surface area (Å²) >= 11 is 1.49. The van der Waals surface area contributed by atoms with Gasteiger partial charge >= 0.3 is 0 Å². The third-order valence-electron chi connectivity index (χ3n) is 3.09. The monoisotopic (exact) mass is 346 g/mol. The van der Waals surface area contributed by atoms with Gasteiger partial charge in [-0.3, -0.25) is 5.43 Å². The molecule has 0 saturated carbocycles. The Bertz CT molecular complexity index is 877. The molecule has 2 aromatic rings. The van der Waals surface area contributed by atoms with Gasteiger partial charge in [0.25, 0.3) is 0 Å². The van der Waals surface area contributed by atoms with Crippen molar-refractivity contribution in [2.24, 2.45) is 10.1 Å². The maximum absolute atomic E-state index is 11.6. The van der Waals surface area contributed by atoms with Gasteiger partial charge in [0.2, 0.25) is 0 Å². The summed E-state index contributed by atoms with van der Waals surface area (Å²) in [6.45, 7) is 0. The first-order valence-corrected chi connectivity index (χ1v) is 9.66. The Morgan fingerprint density at radius 3 is 2.74 bits per heavy atom. The van der Waals surface area contributed by atoms with Crippen LogP contribution in [-0.2, 0) is 9.84 Å². The van der Waals surface area contributed by atoms with Crippen LogP contribution in [0.5, 0.6) is 0 Å². The number of sulfone groups is 1. The van der Waals surface area contributed by atoms with E-state index in [9.17, 15) is 8.42 Å². The summed E-state index contributed by atoms with van der Waals surface area (Å²) in [7, 11) is -3.23. The number of aromatic nitrogens is 1. The highest BCUT2D eigenvalue weighted by molar-refractivity contribution is 8.14. The van der Waals surface area contributed by atoms with E-state index in [4.69, 9.17) is 0 Å². The lowest BCUT2D eigenvalue weighted by molar-refractivity contribution is 0.602. The molecule has 6 nitrogen and oxygen atoms in total. The Kier molecular flexibility index (Phi) is 4.44. The number of benzene rings is 1. The average molecular weight is 346 g/mol. The molecule has 23 heavy (non-hydrogen) atoms. The van der Waals surface area contributed by atoms with E-state index in [-0.39, 0.29) is 4.90 Å². The van der Waals surface area contributed by atoms with Gasteiger partial charge < -0.3 is 0 Å². The molecule has 0 saturated heterocycles. The molecule has 1 N–H and O–H groups in total. The first-order valence-electron chi connectivity index (χ1n) is 6.78. The second kappa shape index (κ2) is 6.51. The lowest BCUT2D eigenvalue weighted by Crippen LogP contribution is -2.25. The van der Waals surface area contributed by atoms with Gasteiger partial charge in [-0.1, -0.05) is 30.0 Å². The average Bonchev–Trinajstić information content (AvgIpc) is 2.56. The van der Waals surface area contributed by atoms with Gasteiger partial charge in [-0.05, 0) is 29.8 Å². The van der Waals surface area contributed by atoms with Crippen molar-refractivity contribution < 1.29 is 8.42 Å². The summed E-state index contributed by atoms with van der Waals surface area (Å²) in [5, 5.41) is 4.95. The zero-order chi connectivity index (χ0) is 16.3. The number of rotatable bonds is 3. The Balaban J connectivity index is 1.81. The van der Waals surface area contributed by atoms with E-state index in [1.54, 1.807) is 24.4 Å². The molecular formula is C15H14N4O2S2. The minimum atomic E-state index is -3.23. The molecule has 118 valence electrons. The lowest BCUT2D eigenvalue weighted by atomic mass is 10.1. The van der Waals surface area contributed by atoms with Gasteiger partial charge in [-0.2, -0.15) is 5.10 Å². The zero-order valence-electron chi connectivity index (χ0n) is 12.3. The van der Waals surface area contributed by atoms with E-state index in [2.05, 4.69) is 20.5 Å². The summed E-state index contributed by atoms with van der Waals surface area (Å²) in [6, 6.07) is 12.3. The summed E-state index contributed by atoms with van der Waals surface area (Å²) in [5.41, 5.74) is 4.45. The predicted molar refractivity (Wildman–Crippen MR) is 93.0 cm³/mol. The smallest absolute Gasteiger partial charge is 0.184 e. The van der Waals surface area contributed by atoms with Crippen LogP contribution in [0.2, 0.25) is 0 Å². The van der Waals surface area contributed by atoms with E-state index in [1.807, 2.05) is 24.3 Å². The highest BCUT2D eigenvalue weighted by atomic mass is 32.2. The van der Waals surface area contributed by atoms with E-state index in [0.717, 1.165) is 11.3 Å². The SMILES string of the molecule is CS(=O)(=O)c1cccc(C2=NNC(=Nc3ccccn3)SC2)c1. The minimum absolute atomic E-state index is 0.288. The van der Waals surface area contributed by atoms with Crippen LogP contribution in [0.1, 0.15) is 5.56 Å². The fourth-order valence-electron chi connectivity index (χ4n) is 1.95. The van der Waals surface area contributed by atoms with Gasteiger partial charge in [0.1, 0.15) is 0 Å². The van der Waals surface area contributed by atoms with E-state index < -0.39 is 9.84 Å². The molecule has 0 aliphatic carbocycles. The molecule has 0 atom stereocenters. The van der Waals surface area contributed by atoms with Crippen LogP contribution in [0.3, 0.4) is 0 Å². The molecule has 0 amide bonds. The van der Waals surface area contributed by atoms with Crippen molar-refractivity contribution >= 4 is 38.3 Å². The number of amidine groups is 1. The molecule has 0 fully saturated rings. The number of thioether (sulfide) groups is 1. The number of nitrogens with one attached hydrogen (secondary N) is 1. The molecule has 1 aliphatic rings. The quantitative estimate of drug-likeness (QED) is 0.921. The molecular weight excluding hydrogens is 332 g/mol. The molecule has 0 bridgehead atoms. The second-order valence-electron chi connectivity index (χ2n) is 4.86. The molecule has 3 rings (SSSR count).